The number of nitro groups is 1. The Hall–Kier alpha value is -3.31. The lowest BCUT2D eigenvalue weighted by atomic mass is 10.3. The fourth-order valence-corrected chi connectivity index (χ4v) is 3.02. The Morgan fingerprint density at radius 2 is 2.17 bits per heavy atom. The summed E-state index contributed by atoms with van der Waals surface area (Å²) < 4.78 is 29.3. The van der Waals surface area contributed by atoms with Crippen LogP contribution in [0.15, 0.2) is 40.4 Å². The highest BCUT2D eigenvalue weighted by Crippen LogP contribution is 2.28. The summed E-state index contributed by atoms with van der Waals surface area (Å²) in [7, 11) is 1.58. The third kappa shape index (κ3) is 4.99. The van der Waals surface area contributed by atoms with Crippen LogP contribution in [0.1, 0.15) is 17.9 Å². The Balaban J connectivity index is 1.66. The summed E-state index contributed by atoms with van der Waals surface area (Å²) >= 11 is 5.18. The molecule has 11 heteroatoms. The maximum absolute atomic E-state index is 13.4. The first-order chi connectivity index (χ1) is 14.4. The molecule has 0 spiro atoms. The molecule has 3 rings (SSSR count). The fraction of sp³-hybridized carbons (Fsp3) is 0.263. The van der Waals surface area contributed by atoms with Crippen molar-refractivity contribution in [2.45, 2.75) is 13.0 Å². The standard InChI is InChI=1S/C19H18FN3O6S/c1-27-8-2-7-22-18(24)15(21-19(22)30)10-13-4-5-14(29-13)11-28-17-9-12(20)3-6-16(17)23(25)26/h3-6,9-10H,2,7-8,11H2,1H3,(H,21,30)/b15-10+. The molecule has 1 amide bonds. The molecule has 1 aromatic carbocycles. The quantitative estimate of drug-likeness (QED) is 0.211. The highest BCUT2D eigenvalue weighted by Gasteiger charge is 2.30. The number of rotatable bonds is 9. The smallest absolute Gasteiger partial charge is 0.311 e. The van der Waals surface area contributed by atoms with E-state index >= 15 is 0 Å². The second kappa shape index (κ2) is 9.46. The number of halogens is 1. The molecule has 1 saturated heterocycles. The molecule has 1 N–H and O–H groups in total. The highest BCUT2D eigenvalue weighted by atomic mass is 32.1. The van der Waals surface area contributed by atoms with E-state index in [9.17, 15) is 19.3 Å². The summed E-state index contributed by atoms with van der Waals surface area (Å²) in [4.78, 5) is 24.3. The Morgan fingerprint density at radius 1 is 1.37 bits per heavy atom. The molecule has 0 unspecified atom stereocenters. The van der Waals surface area contributed by atoms with Crippen molar-refractivity contribution in [1.29, 1.82) is 0 Å². The Kier molecular flexibility index (Phi) is 6.75. The summed E-state index contributed by atoms with van der Waals surface area (Å²) in [6.07, 6.45) is 2.14. The van der Waals surface area contributed by atoms with Crippen LogP contribution in [0.2, 0.25) is 0 Å². The molecule has 0 radical (unpaired) electrons. The van der Waals surface area contributed by atoms with Gasteiger partial charge in [-0.15, -0.1) is 0 Å². The lowest BCUT2D eigenvalue weighted by molar-refractivity contribution is -0.386. The minimum atomic E-state index is -0.661. The zero-order valence-electron chi connectivity index (χ0n) is 15.9. The van der Waals surface area contributed by atoms with Gasteiger partial charge in [0.15, 0.2) is 10.9 Å². The van der Waals surface area contributed by atoms with Crippen molar-refractivity contribution in [2.24, 2.45) is 0 Å². The van der Waals surface area contributed by atoms with E-state index in [2.05, 4.69) is 5.32 Å². The number of nitrogens with one attached hydrogen (secondary N) is 1. The summed E-state index contributed by atoms with van der Waals surface area (Å²) in [6.45, 7) is 0.784. The van der Waals surface area contributed by atoms with Crippen LogP contribution >= 0.6 is 12.2 Å². The summed E-state index contributed by atoms with van der Waals surface area (Å²) in [5, 5.41) is 14.2. The number of carbonyl (C=O) groups is 1. The highest BCUT2D eigenvalue weighted by molar-refractivity contribution is 7.80. The molecule has 1 fully saturated rings. The number of methoxy groups -OCH3 is 1. The second-order valence-electron chi connectivity index (χ2n) is 6.25. The number of nitro benzene ring substituents is 1. The molecule has 0 atom stereocenters. The van der Waals surface area contributed by atoms with Crippen LogP contribution < -0.4 is 10.1 Å². The van der Waals surface area contributed by atoms with Gasteiger partial charge in [0, 0.05) is 38.5 Å². The number of hydrogen-bond donors (Lipinski definition) is 1. The molecular weight excluding hydrogens is 417 g/mol. The fourth-order valence-electron chi connectivity index (χ4n) is 2.74. The van der Waals surface area contributed by atoms with Crippen molar-refractivity contribution in [3.8, 4) is 5.75 Å². The summed E-state index contributed by atoms with van der Waals surface area (Å²) in [5.74, 6) is -0.441. The van der Waals surface area contributed by atoms with Crippen LogP contribution in [0, 0.1) is 15.9 Å². The molecule has 30 heavy (non-hydrogen) atoms. The molecule has 0 aliphatic carbocycles. The van der Waals surface area contributed by atoms with E-state index < -0.39 is 10.7 Å². The lowest BCUT2D eigenvalue weighted by Crippen LogP contribution is -2.32. The second-order valence-corrected chi connectivity index (χ2v) is 6.64. The van der Waals surface area contributed by atoms with Gasteiger partial charge in [-0.1, -0.05) is 0 Å². The van der Waals surface area contributed by atoms with Crippen LogP contribution in [0.25, 0.3) is 6.08 Å². The molecule has 1 aromatic heterocycles. The Labute approximate surface area is 176 Å². The molecule has 2 heterocycles. The van der Waals surface area contributed by atoms with Crippen LogP contribution in [-0.4, -0.2) is 41.1 Å². The third-order valence-corrected chi connectivity index (χ3v) is 4.47. The van der Waals surface area contributed by atoms with E-state index in [0.717, 1.165) is 18.2 Å². The van der Waals surface area contributed by atoms with Gasteiger partial charge in [-0.25, -0.2) is 4.39 Å². The lowest BCUT2D eigenvalue weighted by Gasteiger charge is -2.12. The van der Waals surface area contributed by atoms with Gasteiger partial charge in [-0.3, -0.25) is 19.8 Å². The zero-order chi connectivity index (χ0) is 21.7. The van der Waals surface area contributed by atoms with Gasteiger partial charge in [0.1, 0.15) is 29.6 Å². The van der Waals surface area contributed by atoms with Crippen molar-refractivity contribution >= 4 is 35.0 Å². The zero-order valence-corrected chi connectivity index (χ0v) is 16.7. The molecule has 1 aliphatic rings. The number of carbonyl (C=O) groups excluding carboxylic acids is 1. The molecule has 0 bridgehead atoms. The van der Waals surface area contributed by atoms with Crippen molar-refractivity contribution in [3.05, 3.63) is 63.5 Å². The maximum Gasteiger partial charge on any atom is 0.311 e. The maximum atomic E-state index is 13.4. The molecule has 9 nitrogen and oxygen atoms in total. The SMILES string of the molecule is COCCCN1C(=O)/C(=C\c2ccc(COc3cc(F)ccc3[N+](=O)[O-])o2)NC1=S. The molecular formula is C19H18FN3O6S. The number of thiocarbonyl (C=S) groups is 1. The number of nitrogens with zero attached hydrogens (tertiary/aromatic N) is 2. The van der Waals surface area contributed by atoms with Crippen molar-refractivity contribution in [1.82, 2.24) is 10.2 Å². The third-order valence-electron chi connectivity index (χ3n) is 4.15. The van der Waals surface area contributed by atoms with Gasteiger partial charge in [0.05, 0.1) is 4.92 Å². The Bertz CT molecular complexity index is 1010. The van der Waals surface area contributed by atoms with E-state index in [0.29, 0.717) is 36.2 Å². The first-order valence-corrected chi connectivity index (χ1v) is 9.29. The van der Waals surface area contributed by atoms with Gasteiger partial charge in [-0.2, -0.15) is 0 Å². The number of hydrogen-bond acceptors (Lipinski definition) is 7. The number of amides is 1. The van der Waals surface area contributed by atoms with Gasteiger partial charge in [0.25, 0.3) is 5.91 Å². The average molecular weight is 435 g/mol. The summed E-state index contributed by atoms with van der Waals surface area (Å²) in [6, 6.07) is 6.14. The number of benzene rings is 1. The van der Waals surface area contributed by atoms with Gasteiger partial charge in [0.2, 0.25) is 0 Å². The topological polar surface area (TPSA) is 107 Å². The van der Waals surface area contributed by atoms with E-state index in [4.69, 9.17) is 26.1 Å². The molecule has 0 saturated carbocycles. The van der Waals surface area contributed by atoms with E-state index in [-0.39, 0.29) is 29.6 Å². The molecule has 1 aliphatic heterocycles. The van der Waals surface area contributed by atoms with Crippen LogP contribution in [0.5, 0.6) is 5.75 Å². The van der Waals surface area contributed by atoms with Gasteiger partial charge in [-0.05, 0) is 36.8 Å². The van der Waals surface area contributed by atoms with Crippen LogP contribution in [-0.2, 0) is 16.1 Å². The molecule has 2 aromatic rings. The average Bonchev–Trinajstić information content (AvgIpc) is 3.25. The number of ether oxygens (including phenoxy) is 2. The van der Waals surface area contributed by atoms with E-state index in [1.54, 1.807) is 19.2 Å². The predicted molar refractivity (Wildman–Crippen MR) is 108 cm³/mol. The van der Waals surface area contributed by atoms with Crippen LogP contribution in [0.4, 0.5) is 10.1 Å². The molecule has 158 valence electrons. The van der Waals surface area contributed by atoms with Crippen LogP contribution in [0.3, 0.4) is 0 Å². The van der Waals surface area contributed by atoms with Crippen molar-refractivity contribution in [2.75, 3.05) is 20.3 Å². The summed E-state index contributed by atoms with van der Waals surface area (Å²) in [5.41, 5.74) is -0.0897. The minimum Gasteiger partial charge on any atom is -0.479 e. The van der Waals surface area contributed by atoms with Gasteiger partial charge < -0.3 is 19.2 Å². The van der Waals surface area contributed by atoms with Gasteiger partial charge >= 0.3 is 5.69 Å². The van der Waals surface area contributed by atoms with E-state index in [1.807, 2.05) is 0 Å². The normalized spacial score (nSPS) is 15.0. The Morgan fingerprint density at radius 3 is 2.90 bits per heavy atom. The first kappa shape index (κ1) is 21.4. The largest absolute Gasteiger partial charge is 0.479 e. The minimum absolute atomic E-state index is 0.156. The monoisotopic (exact) mass is 435 g/mol. The number of furan rings is 1. The van der Waals surface area contributed by atoms with E-state index in [1.165, 1.54) is 11.0 Å². The first-order valence-electron chi connectivity index (χ1n) is 8.88. The van der Waals surface area contributed by atoms with Crippen molar-refractivity contribution in [3.63, 3.8) is 0 Å². The van der Waals surface area contributed by atoms with Crippen molar-refractivity contribution < 1.29 is 28.0 Å². The predicted octanol–water partition coefficient (Wildman–Crippen LogP) is 3.00.